The van der Waals surface area contributed by atoms with E-state index in [-0.39, 0.29) is 17.3 Å². The molecule has 5 rings (SSSR count). The Balaban J connectivity index is 1.18. The van der Waals surface area contributed by atoms with Crippen LogP contribution >= 0.6 is 11.3 Å². The zero-order chi connectivity index (χ0) is 24.6. The molecule has 1 saturated heterocycles. The molecule has 3 aliphatic rings. The number of hydrogen-bond donors (Lipinski definition) is 2. The first-order valence-electron chi connectivity index (χ1n) is 11.9. The van der Waals surface area contributed by atoms with Gasteiger partial charge in [0.15, 0.2) is 18.0 Å². The van der Waals surface area contributed by atoms with Crippen molar-refractivity contribution in [2.24, 2.45) is 5.92 Å². The lowest BCUT2D eigenvalue weighted by Gasteiger charge is -2.31. The van der Waals surface area contributed by atoms with Gasteiger partial charge in [-0.05, 0) is 42.9 Å². The molecule has 0 unspecified atom stereocenters. The lowest BCUT2D eigenvalue weighted by Crippen LogP contribution is -3.15. The average Bonchev–Trinajstić information content (AvgIpc) is 3.19. The second kappa shape index (κ2) is 9.78. The monoisotopic (exact) mass is 517 g/mol. The van der Waals surface area contributed by atoms with E-state index in [2.05, 4.69) is 18.3 Å². The molecule has 0 saturated carbocycles. The van der Waals surface area contributed by atoms with Crippen molar-refractivity contribution in [3.63, 3.8) is 0 Å². The van der Waals surface area contributed by atoms with Crippen LogP contribution in [0, 0.1) is 17.2 Å². The van der Waals surface area contributed by atoms with Crippen LogP contribution in [-0.4, -0.2) is 64.6 Å². The third-order valence-corrected chi connectivity index (χ3v) is 9.93. The Kier molecular flexibility index (Phi) is 6.72. The number of sulfonamides is 1. The van der Waals surface area contributed by atoms with Crippen molar-refractivity contribution in [3.8, 4) is 17.6 Å². The van der Waals surface area contributed by atoms with Crippen molar-refractivity contribution in [1.29, 1.82) is 5.26 Å². The fraction of sp³-hybridized carbons (Fsp3) is 0.500. The number of rotatable bonds is 5. The molecule has 35 heavy (non-hydrogen) atoms. The van der Waals surface area contributed by atoms with E-state index in [4.69, 9.17) is 9.47 Å². The van der Waals surface area contributed by atoms with E-state index in [9.17, 15) is 18.5 Å². The van der Waals surface area contributed by atoms with Gasteiger partial charge >= 0.3 is 0 Å². The Bertz CT molecular complexity index is 1280. The highest BCUT2D eigenvalue weighted by Crippen LogP contribution is 2.39. The molecule has 2 aromatic rings. The van der Waals surface area contributed by atoms with Crippen LogP contribution in [0.4, 0.5) is 5.00 Å². The van der Waals surface area contributed by atoms with Gasteiger partial charge in [-0.25, -0.2) is 8.42 Å². The van der Waals surface area contributed by atoms with Gasteiger partial charge in [-0.1, -0.05) is 6.92 Å². The molecule has 0 spiro atoms. The summed E-state index contributed by atoms with van der Waals surface area (Å²) in [5.74, 6) is 1.44. The van der Waals surface area contributed by atoms with Gasteiger partial charge in [-0.15, -0.1) is 11.3 Å². The van der Waals surface area contributed by atoms with Crippen LogP contribution in [-0.2, 0) is 27.7 Å². The number of ether oxygens (including phenoxy) is 2. The highest BCUT2D eigenvalue weighted by Gasteiger charge is 2.32. The number of benzene rings is 1. The summed E-state index contributed by atoms with van der Waals surface area (Å²) in [7, 11) is -3.66. The van der Waals surface area contributed by atoms with Gasteiger partial charge in [0.25, 0.3) is 5.91 Å². The van der Waals surface area contributed by atoms with Gasteiger partial charge in [0, 0.05) is 10.9 Å². The summed E-state index contributed by atoms with van der Waals surface area (Å²) in [6.45, 7) is 5.00. The topological polar surface area (TPSA) is 113 Å². The van der Waals surface area contributed by atoms with Crippen LogP contribution in [0.1, 0.15) is 29.3 Å². The lowest BCUT2D eigenvalue weighted by molar-refractivity contribution is -0.895. The van der Waals surface area contributed by atoms with E-state index in [1.54, 1.807) is 12.1 Å². The van der Waals surface area contributed by atoms with Crippen molar-refractivity contribution in [2.45, 2.75) is 31.1 Å². The number of carbonyl (C=O) groups is 1. The molecule has 3 heterocycles. The zero-order valence-electron chi connectivity index (χ0n) is 19.6. The van der Waals surface area contributed by atoms with Crippen LogP contribution in [0.25, 0.3) is 0 Å². The van der Waals surface area contributed by atoms with E-state index in [0.29, 0.717) is 67.4 Å². The van der Waals surface area contributed by atoms with Crippen molar-refractivity contribution in [3.05, 3.63) is 34.2 Å². The number of carbonyl (C=O) groups excluding carboxylic acids is 1. The van der Waals surface area contributed by atoms with Crippen LogP contribution in [0.2, 0.25) is 0 Å². The third-order valence-electron chi connectivity index (χ3n) is 6.87. The first kappa shape index (κ1) is 24.1. The summed E-state index contributed by atoms with van der Waals surface area (Å²) in [6, 6.07) is 6.98. The number of amides is 1. The fourth-order valence-corrected chi connectivity index (χ4v) is 7.74. The van der Waals surface area contributed by atoms with Crippen LogP contribution < -0.4 is 19.7 Å². The molecule has 9 nitrogen and oxygen atoms in total. The SMILES string of the molecule is C[C@H]1CCc2c(sc(NC(=O)C[NH+]3CCN(S(=O)(=O)c4ccc5c(c4)OCCO5)CC3)c2C#N)C1. The Morgan fingerprint density at radius 3 is 2.74 bits per heavy atom. The van der Waals surface area contributed by atoms with E-state index in [0.717, 1.165) is 29.7 Å². The second-order valence-electron chi connectivity index (χ2n) is 9.35. The molecule has 186 valence electrons. The number of piperazine rings is 1. The molecular formula is C24H29N4O5S2+. The zero-order valence-corrected chi connectivity index (χ0v) is 21.3. The molecule has 2 aliphatic heterocycles. The molecule has 1 aliphatic carbocycles. The normalized spacial score (nSPS) is 20.6. The third kappa shape index (κ3) is 4.89. The molecule has 1 atom stereocenters. The van der Waals surface area contributed by atoms with Gasteiger partial charge in [-0.2, -0.15) is 9.57 Å². The second-order valence-corrected chi connectivity index (χ2v) is 12.4. The number of nitrogens with one attached hydrogen (secondary N) is 2. The van der Waals surface area contributed by atoms with Crippen LogP contribution in [0.15, 0.2) is 23.1 Å². The van der Waals surface area contributed by atoms with Crippen LogP contribution in [0.3, 0.4) is 0 Å². The maximum absolute atomic E-state index is 13.1. The number of anilines is 1. The van der Waals surface area contributed by atoms with E-state index in [1.165, 1.54) is 26.6 Å². The molecule has 1 aromatic carbocycles. The highest BCUT2D eigenvalue weighted by molar-refractivity contribution is 7.89. The van der Waals surface area contributed by atoms with E-state index >= 15 is 0 Å². The number of nitriles is 1. The smallest absolute Gasteiger partial charge is 0.280 e. The van der Waals surface area contributed by atoms with E-state index < -0.39 is 10.0 Å². The molecule has 11 heteroatoms. The Hall–Kier alpha value is -2.65. The van der Waals surface area contributed by atoms with Crippen molar-refractivity contribution < 1.29 is 27.6 Å². The molecule has 1 amide bonds. The summed E-state index contributed by atoms with van der Waals surface area (Å²) in [5.41, 5.74) is 1.70. The first-order chi connectivity index (χ1) is 16.8. The Labute approximate surface area is 209 Å². The molecule has 1 fully saturated rings. The first-order valence-corrected chi connectivity index (χ1v) is 14.2. The van der Waals surface area contributed by atoms with Crippen molar-refractivity contribution in [2.75, 3.05) is 51.3 Å². The minimum atomic E-state index is -3.66. The standard InChI is InChI=1S/C24H28N4O5S2/c1-16-2-4-18-19(14-25)24(34-22(18)12-16)26-23(29)15-27-6-8-28(9-7-27)35(30,31)17-3-5-20-21(13-17)33-11-10-32-20/h3,5,13,16H,2,4,6-12,15H2,1H3,(H,26,29)/p+1/t16-/m0/s1. The van der Waals surface area contributed by atoms with Gasteiger partial charge in [0.05, 0.1) is 36.6 Å². The maximum Gasteiger partial charge on any atom is 0.280 e. The van der Waals surface area contributed by atoms with Gasteiger partial charge in [0.1, 0.15) is 24.3 Å². The van der Waals surface area contributed by atoms with E-state index in [1.807, 2.05) is 0 Å². The molecule has 0 radical (unpaired) electrons. The van der Waals surface area contributed by atoms with Gasteiger partial charge in [0.2, 0.25) is 10.0 Å². The number of thiophene rings is 1. The minimum absolute atomic E-state index is 0.147. The summed E-state index contributed by atoms with van der Waals surface area (Å²) in [4.78, 5) is 15.2. The van der Waals surface area contributed by atoms with Gasteiger partial charge < -0.3 is 19.7 Å². The molecule has 0 bridgehead atoms. The fourth-order valence-electron chi connectivity index (χ4n) is 4.91. The van der Waals surface area contributed by atoms with Gasteiger partial charge in [-0.3, -0.25) is 4.79 Å². The summed E-state index contributed by atoms with van der Waals surface area (Å²) in [6.07, 6.45) is 2.90. The molecule has 2 N–H and O–H groups in total. The number of quaternary nitrogens is 1. The average molecular weight is 518 g/mol. The van der Waals surface area contributed by atoms with Crippen molar-refractivity contribution >= 4 is 32.3 Å². The predicted octanol–water partition coefficient (Wildman–Crippen LogP) is 1.04. The number of hydrogen-bond acceptors (Lipinski definition) is 7. The lowest BCUT2D eigenvalue weighted by atomic mass is 9.89. The minimum Gasteiger partial charge on any atom is -0.486 e. The predicted molar refractivity (Wildman–Crippen MR) is 131 cm³/mol. The summed E-state index contributed by atoms with van der Waals surface area (Å²) in [5, 5.41) is 13.3. The quantitative estimate of drug-likeness (QED) is 0.613. The number of fused-ring (bicyclic) bond motifs is 2. The molecular weight excluding hydrogens is 488 g/mol. The van der Waals surface area contributed by atoms with Crippen LogP contribution in [0.5, 0.6) is 11.5 Å². The highest BCUT2D eigenvalue weighted by atomic mass is 32.2. The maximum atomic E-state index is 13.1. The molecule has 1 aromatic heterocycles. The largest absolute Gasteiger partial charge is 0.486 e. The Morgan fingerprint density at radius 1 is 1.26 bits per heavy atom. The summed E-state index contributed by atoms with van der Waals surface area (Å²) >= 11 is 1.52. The summed E-state index contributed by atoms with van der Waals surface area (Å²) < 4.78 is 38.8. The number of nitrogens with zero attached hydrogens (tertiary/aromatic N) is 2. The van der Waals surface area contributed by atoms with Crippen molar-refractivity contribution in [1.82, 2.24) is 4.31 Å². The Morgan fingerprint density at radius 2 is 2.00 bits per heavy atom.